The first-order valence-corrected chi connectivity index (χ1v) is 10.3. The number of ether oxygens (including phenoxy) is 2. The number of H-pyrrole nitrogens is 1. The van der Waals surface area contributed by atoms with E-state index in [1.165, 1.54) is 0 Å². The maximum Gasteiger partial charge on any atom is 0.410 e. The molecule has 0 fully saturated rings. The van der Waals surface area contributed by atoms with Crippen LogP contribution < -0.4 is 4.74 Å². The van der Waals surface area contributed by atoms with Gasteiger partial charge in [-0.15, -0.1) is 0 Å². The van der Waals surface area contributed by atoms with Crippen LogP contribution in [0, 0.1) is 0 Å². The zero-order chi connectivity index (χ0) is 23.4. The van der Waals surface area contributed by atoms with Crippen molar-refractivity contribution in [2.24, 2.45) is 0 Å². The van der Waals surface area contributed by atoms with Crippen molar-refractivity contribution in [2.75, 3.05) is 13.1 Å². The normalized spacial score (nSPS) is 12.1. The van der Waals surface area contributed by atoms with Gasteiger partial charge >= 0.3 is 12.3 Å². The summed E-state index contributed by atoms with van der Waals surface area (Å²) in [7, 11) is 0. The number of carbonyl (C=O) groups excluding carboxylic acids is 1. The van der Waals surface area contributed by atoms with Crippen LogP contribution in [0.15, 0.2) is 54.7 Å². The van der Waals surface area contributed by atoms with Crippen LogP contribution in [0.25, 0.3) is 10.9 Å². The van der Waals surface area contributed by atoms with E-state index in [1.807, 2.05) is 48.5 Å². The van der Waals surface area contributed by atoms with Gasteiger partial charge in [0.15, 0.2) is 0 Å². The maximum absolute atomic E-state index is 13.1. The number of benzene rings is 2. The van der Waals surface area contributed by atoms with E-state index in [0.717, 1.165) is 22.0 Å². The fourth-order valence-electron chi connectivity index (χ4n) is 3.31. The van der Waals surface area contributed by atoms with Crippen LogP contribution in [-0.2, 0) is 17.8 Å². The third kappa shape index (κ3) is 6.67. The lowest BCUT2D eigenvalue weighted by Crippen LogP contribution is -2.43. The molecule has 1 N–H and O–H groups in total. The lowest BCUT2D eigenvalue weighted by atomic mass is 10.1. The van der Waals surface area contributed by atoms with Crippen molar-refractivity contribution in [1.29, 1.82) is 0 Å². The van der Waals surface area contributed by atoms with Gasteiger partial charge in [-0.3, -0.25) is 4.90 Å². The highest BCUT2D eigenvalue weighted by atomic mass is 19.4. The molecule has 1 heterocycles. The molecule has 1 amide bonds. The van der Waals surface area contributed by atoms with Crippen molar-refractivity contribution in [3.63, 3.8) is 0 Å². The highest BCUT2D eigenvalue weighted by Gasteiger charge is 2.35. The average Bonchev–Trinajstić information content (AvgIpc) is 3.12. The number of aromatic amines is 1. The van der Waals surface area contributed by atoms with Crippen molar-refractivity contribution in [1.82, 2.24) is 9.88 Å². The average molecular weight is 448 g/mol. The van der Waals surface area contributed by atoms with Gasteiger partial charge in [0.25, 0.3) is 0 Å². The lowest BCUT2D eigenvalue weighted by Gasteiger charge is -2.28. The molecule has 32 heavy (non-hydrogen) atoms. The van der Waals surface area contributed by atoms with Crippen LogP contribution >= 0.6 is 0 Å². The van der Waals surface area contributed by atoms with E-state index in [9.17, 15) is 18.0 Å². The van der Waals surface area contributed by atoms with Crippen LogP contribution in [0.2, 0.25) is 0 Å². The van der Waals surface area contributed by atoms with Gasteiger partial charge in [0.1, 0.15) is 24.5 Å². The van der Waals surface area contributed by atoms with Crippen LogP contribution in [0.4, 0.5) is 18.0 Å². The Bertz CT molecular complexity index is 1040. The van der Waals surface area contributed by atoms with Gasteiger partial charge in [0, 0.05) is 23.6 Å². The summed E-state index contributed by atoms with van der Waals surface area (Å²) in [6, 6.07) is 15.2. The summed E-state index contributed by atoms with van der Waals surface area (Å²) in [6.45, 7) is 3.70. The number of carbonyl (C=O) groups is 1. The van der Waals surface area contributed by atoms with Crippen LogP contribution in [0.5, 0.6) is 5.75 Å². The molecule has 8 heteroatoms. The largest absolute Gasteiger partial charge is 0.488 e. The minimum atomic E-state index is -4.53. The number of nitrogens with one attached hydrogen (secondary N) is 1. The van der Waals surface area contributed by atoms with Gasteiger partial charge in [0.2, 0.25) is 0 Å². The van der Waals surface area contributed by atoms with E-state index in [0.29, 0.717) is 17.3 Å². The summed E-state index contributed by atoms with van der Waals surface area (Å²) in [4.78, 5) is 16.2. The van der Waals surface area contributed by atoms with Crippen molar-refractivity contribution < 1.29 is 27.4 Å². The van der Waals surface area contributed by atoms with Crippen molar-refractivity contribution >= 4 is 17.0 Å². The van der Waals surface area contributed by atoms with Gasteiger partial charge in [-0.05, 0) is 50.5 Å². The Kier molecular flexibility index (Phi) is 7.01. The summed E-state index contributed by atoms with van der Waals surface area (Å²) < 4.78 is 50.4. The SMILES string of the molecule is CC(C)(C)OC(=O)N(CCc1c[nH]c2cccc(OCc3ccccc3)c12)CC(F)(F)F. The smallest absolute Gasteiger partial charge is 0.410 e. The molecular weight excluding hydrogens is 421 g/mol. The molecule has 0 unspecified atom stereocenters. The van der Waals surface area contributed by atoms with Crippen molar-refractivity contribution in [3.8, 4) is 5.75 Å². The predicted molar refractivity (Wildman–Crippen MR) is 117 cm³/mol. The standard InChI is InChI=1S/C24H27F3N2O3/c1-23(2,3)32-22(30)29(16-24(25,26)27)13-12-18-14-28-19-10-7-11-20(21(18)19)31-15-17-8-5-4-6-9-17/h4-11,14,28H,12-13,15-16H2,1-3H3. The molecule has 172 valence electrons. The Balaban J connectivity index is 1.78. The Morgan fingerprint density at radius 2 is 1.75 bits per heavy atom. The number of rotatable bonds is 7. The van der Waals surface area contributed by atoms with Gasteiger partial charge in [-0.1, -0.05) is 36.4 Å². The molecule has 0 saturated heterocycles. The zero-order valence-electron chi connectivity index (χ0n) is 18.3. The fraction of sp³-hybridized carbons (Fsp3) is 0.375. The fourth-order valence-corrected chi connectivity index (χ4v) is 3.31. The van der Waals surface area contributed by atoms with E-state index in [2.05, 4.69) is 4.98 Å². The number of nitrogens with zero attached hydrogens (tertiary/aromatic N) is 1. The third-order valence-corrected chi connectivity index (χ3v) is 4.66. The number of hydrogen-bond donors (Lipinski definition) is 1. The van der Waals surface area contributed by atoms with Gasteiger partial charge < -0.3 is 14.5 Å². The lowest BCUT2D eigenvalue weighted by molar-refractivity contribution is -0.144. The molecule has 0 aliphatic carbocycles. The molecule has 0 saturated carbocycles. The Labute approximate surface area is 185 Å². The molecule has 2 aromatic carbocycles. The quantitative estimate of drug-likeness (QED) is 0.476. The van der Waals surface area contributed by atoms with E-state index in [4.69, 9.17) is 9.47 Å². The second-order valence-electron chi connectivity index (χ2n) is 8.53. The second kappa shape index (κ2) is 9.54. The highest BCUT2D eigenvalue weighted by molar-refractivity contribution is 5.89. The van der Waals surface area contributed by atoms with Crippen molar-refractivity contribution in [2.45, 2.75) is 45.6 Å². The monoisotopic (exact) mass is 448 g/mol. The van der Waals surface area contributed by atoms with Gasteiger partial charge in [0.05, 0.1) is 0 Å². The topological polar surface area (TPSA) is 54.6 Å². The third-order valence-electron chi connectivity index (χ3n) is 4.66. The first-order chi connectivity index (χ1) is 15.0. The zero-order valence-corrected chi connectivity index (χ0v) is 18.3. The molecular formula is C24H27F3N2O3. The molecule has 0 aliphatic rings. The summed E-state index contributed by atoms with van der Waals surface area (Å²) in [6.07, 6.45) is -3.57. The number of halogens is 3. The molecule has 0 bridgehead atoms. The minimum absolute atomic E-state index is 0.144. The molecule has 1 aromatic heterocycles. The number of alkyl halides is 3. The Morgan fingerprint density at radius 3 is 2.41 bits per heavy atom. The van der Waals surface area contributed by atoms with Crippen LogP contribution in [0.3, 0.4) is 0 Å². The molecule has 5 nitrogen and oxygen atoms in total. The molecule has 0 radical (unpaired) electrons. The first-order valence-electron chi connectivity index (χ1n) is 10.3. The molecule has 3 rings (SSSR count). The molecule has 0 aliphatic heterocycles. The molecule has 0 atom stereocenters. The Morgan fingerprint density at radius 1 is 1.03 bits per heavy atom. The number of aromatic nitrogens is 1. The van der Waals surface area contributed by atoms with Crippen LogP contribution in [0.1, 0.15) is 31.9 Å². The highest BCUT2D eigenvalue weighted by Crippen LogP contribution is 2.30. The second-order valence-corrected chi connectivity index (χ2v) is 8.53. The van der Waals surface area contributed by atoms with E-state index < -0.39 is 24.4 Å². The van der Waals surface area contributed by atoms with Crippen LogP contribution in [-0.4, -0.2) is 40.8 Å². The molecule has 0 spiro atoms. The van der Waals surface area contributed by atoms with E-state index in [1.54, 1.807) is 27.0 Å². The first kappa shape index (κ1) is 23.5. The number of hydrogen-bond acceptors (Lipinski definition) is 3. The predicted octanol–water partition coefficient (Wildman–Crippen LogP) is 6.09. The summed E-state index contributed by atoms with van der Waals surface area (Å²) >= 11 is 0. The number of fused-ring (bicyclic) bond motifs is 1. The summed E-state index contributed by atoms with van der Waals surface area (Å²) in [5.74, 6) is 0.627. The number of amides is 1. The summed E-state index contributed by atoms with van der Waals surface area (Å²) in [5.41, 5.74) is 1.69. The molecule has 3 aromatic rings. The van der Waals surface area contributed by atoms with Crippen molar-refractivity contribution in [3.05, 3.63) is 65.9 Å². The van der Waals surface area contributed by atoms with Gasteiger partial charge in [-0.25, -0.2) is 4.79 Å². The minimum Gasteiger partial charge on any atom is -0.488 e. The van der Waals surface area contributed by atoms with E-state index in [-0.39, 0.29) is 13.0 Å². The maximum atomic E-state index is 13.1. The van der Waals surface area contributed by atoms with Gasteiger partial charge in [-0.2, -0.15) is 13.2 Å². The summed E-state index contributed by atoms with van der Waals surface area (Å²) in [5, 5.41) is 0.791. The van der Waals surface area contributed by atoms with E-state index >= 15 is 0 Å². The Hall–Kier alpha value is -3.16.